The third kappa shape index (κ3) is 2.59. The molecule has 0 aromatic carbocycles. The predicted octanol–water partition coefficient (Wildman–Crippen LogP) is 2.66. The highest BCUT2D eigenvalue weighted by atomic mass is 15.1. The van der Waals surface area contributed by atoms with E-state index in [2.05, 4.69) is 38.7 Å². The Morgan fingerprint density at radius 3 is 2.68 bits per heavy atom. The molecule has 2 rings (SSSR count). The molecule has 0 aliphatic carbocycles. The molecule has 0 amide bonds. The number of imidazole rings is 1. The molecule has 0 fully saturated rings. The van der Waals surface area contributed by atoms with Crippen LogP contribution in [0.3, 0.4) is 0 Å². The number of nitrogens with one attached hydrogen (secondary N) is 1. The summed E-state index contributed by atoms with van der Waals surface area (Å²) < 4.78 is 2.10. The molecule has 2 heterocycles. The largest absolute Gasteiger partial charge is 0.373 e. The van der Waals surface area contributed by atoms with E-state index in [4.69, 9.17) is 0 Å². The summed E-state index contributed by atoms with van der Waals surface area (Å²) in [6.07, 6.45) is 5.72. The van der Waals surface area contributed by atoms with E-state index in [-0.39, 0.29) is 0 Å². The maximum Gasteiger partial charge on any atom is 0.159 e. The van der Waals surface area contributed by atoms with Crippen molar-refractivity contribution in [2.75, 3.05) is 12.4 Å². The van der Waals surface area contributed by atoms with Crippen LogP contribution in [0.5, 0.6) is 0 Å². The first-order valence-electron chi connectivity index (χ1n) is 6.78. The van der Waals surface area contributed by atoms with E-state index in [1.807, 2.05) is 26.4 Å². The van der Waals surface area contributed by atoms with Crippen LogP contribution in [-0.2, 0) is 13.0 Å². The minimum Gasteiger partial charge on any atom is -0.373 e. The molecule has 0 aliphatic heterocycles. The highest BCUT2D eigenvalue weighted by Gasteiger charge is 2.15. The Labute approximate surface area is 114 Å². The molecule has 2 aromatic rings. The van der Waals surface area contributed by atoms with E-state index in [9.17, 15) is 0 Å². The van der Waals surface area contributed by atoms with Gasteiger partial charge in [-0.3, -0.25) is 0 Å². The Balaban J connectivity index is 2.58. The van der Waals surface area contributed by atoms with Gasteiger partial charge in [-0.15, -0.1) is 0 Å². The van der Waals surface area contributed by atoms with E-state index in [0.717, 1.165) is 48.1 Å². The van der Waals surface area contributed by atoms with Gasteiger partial charge in [0.05, 0.1) is 0 Å². The number of aromatic nitrogens is 4. The summed E-state index contributed by atoms with van der Waals surface area (Å²) in [6, 6.07) is 0. The van der Waals surface area contributed by atoms with Gasteiger partial charge in [-0.2, -0.15) is 0 Å². The van der Waals surface area contributed by atoms with Crippen molar-refractivity contribution in [3.8, 4) is 11.5 Å². The molecular weight excluding hydrogens is 238 g/mol. The summed E-state index contributed by atoms with van der Waals surface area (Å²) >= 11 is 0. The average Bonchev–Trinajstić information content (AvgIpc) is 2.89. The van der Waals surface area contributed by atoms with Crippen molar-refractivity contribution in [3.63, 3.8) is 0 Å². The van der Waals surface area contributed by atoms with E-state index < -0.39 is 0 Å². The molecule has 102 valence electrons. The second-order valence-electron chi connectivity index (χ2n) is 4.50. The molecule has 5 nitrogen and oxygen atoms in total. The molecular formula is C14H21N5. The lowest BCUT2D eigenvalue weighted by Crippen LogP contribution is -2.08. The van der Waals surface area contributed by atoms with Gasteiger partial charge in [0.1, 0.15) is 17.3 Å². The fourth-order valence-electron chi connectivity index (χ4n) is 2.14. The minimum absolute atomic E-state index is 0.873. The maximum absolute atomic E-state index is 4.69. The number of rotatable bonds is 5. The van der Waals surface area contributed by atoms with Crippen molar-refractivity contribution in [1.29, 1.82) is 0 Å². The van der Waals surface area contributed by atoms with Crippen LogP contribution in [0.1, 0.15) is 31.7 Å². The lowest BCUT2D eigenvalue weighted by molar-refractivity contribution is 0.762. The van der Waals surface area contributed by atoms with Crippen molar-refractivity contribution < 1.29 is 0 Å². The quantitative estimate of drug-likeness (QED) is 0.897. The topological polar surface area (TPSA) is 55.6 Å². The predicted molar refractivity (Wildman–Crippen MR) is 77.2 cm³/mol. The molecule has 2 aromatic heterocycles. The normalized spacial score (nSPS) is 10.7. The first kappa shape index (κ1) is 13.5. The van der Waals surface area contributed by atoms with Gasteiger partial charge in [0, 0.05) is 38.0 Å². The molecule has 1 N–H and O–H groups in total. The third-order valence-electron chi connectivity index (χ3n) is 3.17. The molecule has 0 unspecified atom stereocenters. The number of nitrogens with zero attached hydrogens (tertiary/aromatic N) is 4. The summed E-state index contributed by atoms with van der Waals surface area (Å²) in [6.45, 7) is 7.16. The van der Waals surface area contributed by atoms with Crippen LogP contribution >= 0.6 is 0 Å². The van der Waals surface area contributed by atoms with Gasteiger partial charge in [0.25, 0.3) is 0 Å². The number of hydrogen-bond acceptors (Lipinski definition) is 4. The van der Waals surface area contributed by atoms with Crippen LogP contribution < -0.4 is 5.32 Å². The van der Waals surface area contributed by atoms with Crippen molar-refractivity contribution >= 4 is 5.82 Å². The smallest absolute Gasteiger partial charge is 0.159 e. The number of hydrogen-bond donors (Lipinski definition) is 1. The van der Waals surface area contributed by atoms with Crippen LogP contribution in [0.15, 0.2) is 12.4 Å². The lowest BCUT2D eigenvalue weighted by Gasteiger charge is -2.12. The molecule has 0 atom stereocenters. The Morgan fingerprint density at radius 2 is 2.05 bits per heavy atom. The Morgan fingerprint density at radius 1 is 1.26 bits per heavy atom. The lowest BCUT2D eigenvalue weighted by atomic mass is 10.2. The first-order valence-corrected chi connectivity index (χ1v) is 6.78. The molecule has 0 spiro atoms. The standard InChI is InChI=1S/C14H21N5/c1-5-7-11-17-12(10(3)13(15-4)18-11)14-16-8-9-19(14)6-2/h8-9H,5-7H2,1-4H3,(H,15,17,18). The van der Waals surface area contributed by atoms with Crippen LogP contribution in [0.2, 0.25) is 0 Å². The number of aryl methyl sites for hydroxylation is 2. The Bertz CT molecular complexity index is 559. The van der Waals surface area contributed by atoms with Crippen molar-refractivity contribution in [2.24, 2.45) is 0 Å². The highest BCUT2D eigenvalue weighted by molar-refractivity contribution is 5.63. The molecule has 0 saturated carbocycles. The molecule has 0 aliphatic rings. The van der Waals surface area contributed by atoms with E-state index in [0.29, 0.717) is 0 Å². The summed E-state index contributed by atoms with van der Waals surface area (Å²) in [5.41, 5.74) is 1.97. The Hall–Kier alpha value is -1.91. The van der Waals surface area contributed by atoms with Crippen LogP contribution in [0.25, 0.3) is 11.5 Å². The zero-order valence-corrected chi connectivity index (χ0v) is 12.1. The summed E-state index contributed by atoms with van der Waals surface area (Å²) in [7, 11) is 1.89. The van der Waals surface area contributed by atoms with Crippen LogP contribution in [0, 0.1) is 6.92 Å². The summed E-state index contributed by atoms with van der Waals surface area (Å²) in [5.74, 6) is 2.67. The van der Waals surface area contributed by atoms with Crippen LogP contribution in [0.4, 0.5) is 5.82 Å². The molecule has 0 saturated heterocycles. The zero-order chi connectivity index (χ0) is 13.8. The molecule has 5 heteroatoms. The second kappa shape index (κ2) is 5.82. The summed E-state index contributed by atoms with van der Waals surface area (Å²) in [5, 5.41) is 3.15. The van der Waals surface area contributed by atoms with Gasteiger partial charge >= 0.3 is 0 Å². The van der Waals surface area contributed by atoms with E-state index in [1.165, 1.54) is 0 Å². The van der Waals surface area contributed by atoms with Gasteiger partial charge in [-0.25, -0.2) is 15.0 Å². The fraction of sp³-hybridized carbons (Fsp3) is 0.500. The van der Waals surface area contributed by atoms with E-state index in [1.54, 1.807) is 0 Å². The minimum atomic E-state index is 0.873. The van der Waals surface area contributed by atoms with Crippen molar-refractivity contribution in [1.82, 2.24) is 19.5 Å². The van der Waals surface area contributed by atoms with Gasteiger partial charge in [-0.1, -0.05) is 6.92 Å². The van der Waals surface area contributed by atoms with Gasteiger partial charge in [-0.05, 0) is 20.3 Å². The van der Waals surface area contributed by atoms with Gasteiger partial charge in [0.15, 0.2) is 5.82 Å². The second-order valence-corrected chi connectivity index (χ2v) is 4.50. The van der Waals surface area contributed by atoms with Crippen LogP contribution in [-0.4, -0.2) is 26.6 Å². The van der Waals surface area contributed by atoms with Crippen molar-refractivity contribution in [2.45, 2.75) is 40.2 Å². The SMILES string of the molecule is CCCc1nc(NC)c(C)c(-c2nccn2CC)n1. The summed E-state index contributed by atoms with van der Waals surface area (Å²) in [4.78, 5) is 13.7. The molecule has 0 radical (unpaired) electrons. The average molecular weight is 259 g/mol. The zero-order valence-electron chi connectivity index (χ0n) is 12.1. The number of anilines is 1. The highest BCUT2D eigenvalue weighted by Crippen LogP contribution is 2.24. The van der Waals surface area contributed by atoms with Gasteiger partial charge < -0.3 is 9.88 Å². The monoisotopic (exact) mass is 259 g/mol. The molecule has 19 heavy (non-hydrogen) atoms. The molecule has 0 bridgehead atoms. The third-order valence-corrected chi connectivity index (χ3v) is 3.17. The maximum atomic E-state index is 4.69. The van der Waals surface area contributed by atoms with E-state index >= 15 is 0 Å². The Kier molecular flexibility index (Phi) is 4.14. The fourth-order valence-corrected chi connectivity index (χ4v) is 2.14. The first-order chi connectivity index (χ1) is 9.21. The van der Waals surface area contributed by atoms with Crippen molar-refractivity contribution in [3.05, 3.63) is 23.8 Å². The van der Waals surface area contributed by atoms with Gasteiger partial charge in [0.2, 0.25) is 0 Å².